The van der Waals surface area contributed by atoms with E-state index in [4.69, 9.17) is 0 Å². The number of fused-ring (bicyclic) bond motifs is 1. The molecule has 1 unspecified atom stereocenters. The molecule has 1 atom stereocenters. The van der Waals surface area contributed by atoms with Gasteiger partial charge >= 0.3 is 5.69 Å². The zero-order valence-corrected chi connectivity index (χ0v) is 14.3. The van der Waals surface area contributed by atoms with E-state index in [2.05, 4.69) is 16.4 Å². The lowest BCUT2D eigenvalue weighted by atomic mass is 9.90. The molecule has 9 nitrogen and oxygen atoms in total. The summed E-state index contributed by atoms with van der Waals surface area (Å²) < 4.78 is 3.59. The van der Waals surface area contributed by atoms with E-state index >= 15 is 0 Å². The van der Waals surface area contributed by atoms with Crippen molar-refractivity contribution in [3.05, 3.63) is 27.2 Å². The fourth-order valence-corrected chi connectivity index (χ4v) is 2.30. The van der Waals surface area contributed by atoms with Gasteiger partial charge in [-0.25, -0.2) is 9.78 Å². The Morgan fingerprint density at radius 2 is 2.00 bits per heavy atom. The number of nitrogens with one attached hydrogen (secondary N) is 1. The largest absolute Gasteiger partial charge is 0.336 e. The Morgan fingerprint density at radius 3 is 2.54 bits per heavy atom. The summed E-state index contributed by atoms with van der Waals surface area (Å²) in [6.07, 6.45) is 1.34. The van der Waals surface area contributed by atoms with Gasteiger partial charge in [-0.1, -0.05) is 13.8 Å². The Morgan fingerprint density at radius 1 is 1.38 bits per heavy atom. The molecule has 2 aromatic rings. The van der Waals surface area contributed by atoms with E-state index in [0.29, 0.717) is 0 Å². The molecule has 0 bridgehead atoms. The Balaban J connectivity index is 2.42. The van der Waals surface area contributed by atoms with Crippen LogP contribution in [-0.2, 0) is 25.4 Å². The minimum atomic E-state index is -1.01. The number of carbonyl (C=O) groups excluding carboxylic acids is 1. The number of nitrogens with zero attached hydrogens (tertiary/aromatic N) is 5. The maximum atomic E-state index is 12.3. The highest BCUT2D eigenvalue weighted by Crippen LogP contribution is 2.15. The topological polar surface area (TPSA) is 115 Å². The second-order valence-corrected chi connectivity index (χ2v) is 6.27. The third kappa shape index (κ3) is 2.71. The van der Waals surface area contributed by atoms with Crippen LogP contribution in [0, 0.1) is 17.2 Å². The minimum absolute atomic E-state index is 0.0836. The third-order valence-corrected chi connectivity index (χ3v) is 4.32. The van der Waals surface area contributed by atoms with Crippen LogP contribution in [0.4, 0.5) is 0 Å². The summed E-state index contributed by atoms with van der Waals surface area (Å²) in [5.41, 5.74) is -1.64. The first-order chi connectivity index (χ1) is 11.1. The second-order valence-electron chi connectivity index (χ2n) is 6.27. The van der Waals surface area contributed by atoms with E-state index in [1.54, 1.807) is 6.92 Å². The molecule has 24 heavy (non-hydrogen) atoms. The van der Waals surface area contributed by atoms with Crippen molar-refractivity contribution < 1.29 is 4.79 Å². The van der Waals surface area contributed by atoms with Crippen LogP contribution in [0.25, 0.3) is 11.2 Å². The van der Waals surface area contributed by atoms with Crippen molar-refractivity contribution in [3.63, 3.8) is 0 Å². The molecule has 0 saturated carbocycles. The maximum Gasteiger partial charge on any atom is 0.332 e. The van der Waals surface area contributed by atoms with Gasteiger partial charge in [0.1, 0.15) is 12.1 Å². The smallest absolute Gasteiger partial charge is 0.332 e. The van der Waals surface area contributed by atoms with Gasteiger partial charge in [0.15, 0.2) is 11.2 Å². The van der Waals surface area contributed by atoms with Crippen LogP contribution in [0.1, 0.15) is 20.8 Å². The molecule has 0 spiro atoms. The zero-order chi connectivity index (χ0) is 18.2. The summed E-state index contributed by atoms with van der Waals surface area (Å²) in [6, 6.07) is 2.09. The van der Waals surface area contributed by atoms with E-state index in [9.17, 15) is 19.6 Å². The number of imidazole rings is 1. The molecular formula is C15H20N6O3. The predicted molar refractivity (Wildman–Crippen MR) is 87.2 cm³/mol. The number of hydrogen-bond donors (Lipinski definition) is 1. The standard InChI is InChI=1S/C15H20N6O3/c1-9(2)15(3,7-16)18-10(22)6-21-8-17-12-11(21)13(23)20(5)14(24)19(12)4/h8-9H,6H2,1-5H3,(H,18,22). The van der Waals surface area contributed by atoms with Gasteiger partial charge in [0, 0.05) is 14.1 Å². The average molecular weight is 332 g/mol. The van der Waals surface area contributed by atoms with E-state index in [0.717, 1.165) is 4.57 Å². The fourth-order valence-electron chi connectivity index (χ4n) is 2.30. The summed E-state index contributed by atoms with van der Waals surface area (Å²) in [7, 11) is 2.88. The molecule has 0 aliphatic rings. The molecule has 0 fully saturated rings. The quantitative estimate of drug-likeness (QED) is 0.809. The Bertz CT molecular complexity index is 958. The number of rotatable bonds is 4. The van der Waals surface area contributed by atoms with Crippen LogP contribution in [0.15, 0.2) is 15.9 Å². The molecule has 0 aliphatic carbocycles. The van der Waals surface area contributed by atoms with E-state index < -0.39 is 22.7 Å². The molecule has 1 amide bonds. The summed E-state index contributed by atoms with van der Waals surface area (Å²) in [4.78, 5) is 40.6. The molecule has 0 aliphatic heterocycles. The van der Waals surface area contributed by atoms with Crippen molar-refractivity contribution in [2.45, 2.75) is 32.9 Å². The number of carbonyl (C=O) groups is 1. The Kier molecular flexibility index (Phi) is 4.34. The van der Waals surface area contributed by atoms with Crippen molar-refractivity contribution in [3.8, 4) is 6.07 Å². The van der Waals surface area contributed by atoms with Gasteiger partial charge in [0.2, 0.25) is 5.91 Å². The first-order valence-electron chi connectivity index (χ1n) is 7.45. The SMILES string of the molecule is CC(C)C(C)(C#N)NC(=O)Cn1cnc2c1c(=O)n(C)c(=O)n2C. The zero-order valence-electron chi connectivity index (χ0n) is 14.3. The molecule has 2 rings (SSSR count). The van der Waals surface area contributed by atoms with Gasteiger partial charge in [-0.2, -0.15) is 5.26 Å². The first kappa shape index (κ1) is 17.5. The lowest BCUT2D eigenvalue weighted by Crippen LogP contribution is -2.49. The molecule has 1 N–H and O–H groups in total. The van der Waals surface area contributed by atoms with E-state index in [1.807, 2.05) is 13.8 Å². The molecule has 0 radical (unpaired) electrons. The molecule has 128 valence electrons. The van der Waals surface area contributed by atoms with Gasteiger partial charge in [0.25, 0.3) is 5.56 Å². The normalized spacial score (nSPS) is 13.7. The van der Waals surface area contributed by atoms with Crippen molar-refractivity contribution >= 4 is 17.1 Å². The van der Waals surface area contributed by atoms with Crippen molar-refractivity contribution in [1.29, 1.82) is 5.26 Å². The van der Waals surface area contributed by atoms with Crippen LogP contribution < -0.4 is 16.6 Å². The predicted octanol–water partition coefficient (Wildman–Crippen LogP) is -0.512. The molecule has 0 aromatic carbocycles. The number of aryl methyl sites for hydroxylation is 1. The van der Waals surface area contributed by atoms with E-state index in [-0.39, 0.29) is 23.6 Å². The summed E-state index contributed by atoms with van der Waals surface area (Å²) in [5.74, 6) is -0.498. The lowest BCUT2D eigenvalue weighted by molar-refractivity contribution is -0.123. The second kappa shape index (κ2) is 5.96. The first-order valence-corrected chi connectivity index (χ1v) is 7.45. The molecule has 2 heterocycles. The minimum Gasteiger partial charge on any atom is -0.336 e. The number of hydrogen-bond acceptors (Lipinski definition) is 5. The average Bonchev–Trinajstić information content (AvgIpc) is 2.94. The Labute approximate surface area is 138 Å². The van der Waals surface area contributed by atoms with Gasteiger partial charge in [-0.05, 0) is 12.8 Å². The van der Waals surface area contributed by atoms with Gasteiger partial charge in [0.05, 0.1) is 12.4 Å². The van der Waals surface area contributed by atoms with Crippen molar-refractivity contribution in [2.24, 2.45) is 20.0 Å². The molecule has 0 saturated heterocycles. The van der Waals surface area contributed by atoms with Crippen LogP contribution in [0.2, 0.25) is 0 Å². The molecule has 9 heteroatoms. The number of amides is 1. The summed E-state index contributed by atoms with van der Waals surface area (Å²) in [6.45, 7) is 5.14. The van der Waals surface area contributed by atoms with Crippen LogP contribution >= 0.6 is 0 Å². The fraction of sp³-hybridized carbons (Fsp3) is 0.533. The van der Waals surface area contributed by atoms with Crippen LogP contribution in [0.5, 0.6) is 0 Å². The maximum absolute atomic E-state index is 12.3. The van der Waals surface area contributed by atoms with Crippen molar-refractivity contribution in [2.75, 3.05) is 0 Å². The van der Waals surface area contributed by atoms with Crippen LogP contribution in [0.3, 0.4) is 0 Å². The highest BCUT2D eigenvalue weighted by atomic mass is 16.2. The number of aromatic nitrogens is 4. The van der Waals surface area contributed by atoms with Gasteiger partial charge in [-0.3, -0.25) is 18.7 Å². The van der Waals surface area contributed by atoms with Crippen LogP contribution in [-0.4, -0.2) is 30.1 Å². The van der Waals surface area contributed by atoms with E-state index in [1.165, 1.54) is 29.6 Å². The van der Waals surface area contributed by atoms with Gasteiger partial charge in [-0.15, -0.1) is 0 Å². The lowest BCUT2D eigenvalue weighted by Gasteiger charge is -2.27. The monoisotopic (exact) mass is 332 g/mol. The highest BCUT2D eigenvalue weighted by Gasteiger charge is 2.30. The molecular weight excluding hydrogens is 312 g/mol. The van der Waals surface area contributed by atoms with Gasteiger partial charge < -0.3 is 9.88 Å². The van der Waals surface area contributed by atoms with Crippen molar-refractivity contribution in [1.82, 2.24) is 24.0 Å². The summed E-state index contributed by atoms with van der Waals surface area (Å²) >= 11 is 0. The number of nitriles is 1. The third-order valence-electron chi connectivity index (χ3n) is 4.32. The summed E-state index contributed by atoms with van der Waals surface area (Å²) in [5, 5.41) is 12.0. The molecule has 2 aromatic heterocycles. The highest BCUT2D eigenvalue weighted by molar-refractivity contribution is 5.79. The Hall–Kier alpha value is -2.89.